The van der Waals surface area contributed by atoms with Gasteiger partial charge in [0, 0.05) is 13.0 Å². The standard InChI is InChI=1S/C31H56N12O11/c1-15(2)24(30(53)54)43-29(52)20(13-23(46)47)39-22(45)14-38-26(49)17(8-6-12-37-31(35)36)41-28(51)19(9-10-21(34)44)42-27(50)18(7-4-5-11-32)40-25(48)16(3)33/h15-20,24H,4-14,32-33H2,1-3H3,(H2,34,44)(H,38,49)(H,39,45)(H,40,48)(H,41,51)(H,42,50)(H,43,52)(H,46,47)(H,53,54)(H4,35,36,37). The summed E-state index contributed by atoms with van der Waals surface area (Å²) in [6.45, 7) is 3.94. The summed E-state index contributed by atoms with van der Waals surface area (Å²) in [6.07, 6.45) is -0.491. The molecule has 6 atom stereocenters. The molecule has 0 bridgehead atoms. The van der Waals surface area contributed by atoms with Crippen LogP contribution in [0.25, 0.3) is 0 Å². The largest absolute Gasteiger partial charge is 0.481 e. The highest BCUT2D eigenvalue weighted by Gasteiger charge is 2.32. The monoisotopic (exact) mass is 772 g/mol. The molecule has 0 aromatic rings. The Bertz CT molecular complexity index is 1350. The lowest BCUT2D eigenvalue weighted by Gasteiger charge is -2.26. The van der Waals surface area contributed by atoms with Crippen molar-refractivity contribution in [2.75, 3.05) is 19.6 Å². The molecule has 0 rings (SSSR count). The maximum atomic E-state index is 13.5. The summed E-state index contributed by atoms with van der Waals surface area (Å²) in [5, 5.41) is 32.6. The summed E-state index contributed by atoms with van der Waals surface area (Å²) in [6, 6.07) is -8.04. The molecule has 0 heterocycles. The van der Waals surface area contributed by atoms with Crippen LogP contribution in [0, 0.1) is 5.92 Å². The molecule has 306 valence electrons. The SMILES string of the molecule is CC(N)C(=O)NC(CCCCN)C(=O)NC(CCC(N)=O)C(=O)NC(CCCN=C(N)N)C(=O)NCC(=O)NC(CC(=O)O)C(=O)NC(C(=O)O)C(C)C. The topological polar surface area (TPSA) is 409 Å². The van der Waals surface area contributed by atoms with E-state index in [2.05, 4.69) is 36.9 Å². The fourth-order valence-corrected chi connectivity index (χ4v) is 4.62. The Morgan fingerprint density at radius 1 is 0.648 bits per heavy atom. The lowest BCUT2D eigenvalue weighted by atomic mass is 10.0. The van der Waals surface area contributed by atoms with Crippen LogP contribution < -0.4 is 60.6 Å². The van der Waals surface area contributed by atoms with Crippen molar-refractivity contribution in [1.29, 1.82) is 0 Å². The second kappa shape index (κ2) is 25.4. The van der Waals surface area contributed by atoms with Crippen molar-refractivity contribution >= 4 is 59.2 Å². The molecule has 23 nitrogen and oxygen atoms in total. The number of amides is 7. The highest BCUT2D eigenvalue weighted by Crippen LogP contribution is 2.07. The minimum Gasteiger partial charge on any atom is -0.481 e. The number of carbonyl (C=O) groups excluding carboxylic acids is 7. The number of nitrogens with two attached hydrogens (primary N) is 5. The lowest BCUT2D eigenvalue weighted by Crippen LogP contribution is -2.58. The van der Waals surface area contributed by atoms with Gasteiger partial charge in [-0.2, -0.15) is 0 Å². The van der Waals surface area contributed by atoms with Crippen LogP contribution in [0.15, 0.2) is 4.99 Å². The van der Waals surface area contributed by atoms with Crippen LogP contribution in [0.2, 0.25) is 0 Å². The van der Waals surface area contributed by atoms with E-state index in [0.717, 1.165) is 0 Å². The van der Waals surface area contributed by atoms with Crippen molar-refractivity contribution in [3.05, 3.63) is 0 Å². The number of aliphatic carboxylic acids is 2. The third-order valence-electron chi connectivity index (χ3n) is 7.57. The molecular weight excluding hydrogens is 716 g/mol. The van der Waals surface area contributed by atoms with Crippen LogP contribution in [0.1, 0.15) is 72.1 Å². The predicted molar refractivity (Wildman–Crippen MR) is 192 cm³/mol. The number of nitrogens with one attached hydrogen (secondary N) is 6. The summed E-state index contributed by atoms with van der Waals surface area (Å²) in [4.78, 5) is 116. The minimum absolute atomic E-state index is 0.0216. The fraction of sp³-hybridized carbons (Fsp3) is 0.677. The molecule has 0 fully saturated rings. The maximum absolute atomic E-state index is 13.5. The molecule has 18 N–H and O–H groups in total. The van der Waals surface area contributed by atoms with E-state index < -0.39 is 108 Å². The van der Waals surface area contributed by atoms with E-state index in [4.69, 9.17) is 28.7 Å². The first kappa shape index (κ1) is 48.4. The van der Waals surface area contributed by atoms with Crippen molar-refractivity contribution in [2.45, 2.75) is 108 Å². The molecule has 0 saturated heterocycles. The van der Waals surface area contributed by atoms with Gasteiger partial charge in [0.05, 0.1) is 19.0 Å². The summed E-state index contributed by atoms with van der Waals surface area (Å²) in [5.74, 6) is -9.94. The number of carboxylic acid groups (broad SMARTS) is 2. The molecule has 0 saturated carbocycles. The van der Waals surface area contributed by atoms with Gasteiger partial charge in [0.25, 0.3) is 0 Å². The van der Waals surface area contributed by atoms with Gasteiger partial charge in [-0.1, -0.05) is 13.8 Å². The van der Waals surface area contributed by atoms with Gasteiger partial charge < -0.3 is 70.8 Å². The van der Waals surface area contributed by atoms with Crippen LogP contribution in [-0.2, 0) is 43.2 Å². The molecule has 23 heteroatoms. The lowest BCUT2D eigenvalue weighted by molar-refractivity contribution is -0.144. The average molecular weight is 773 g/mol. The highest BCUT2D eigenvalue weighted by molar-refractivity contribution is 5.97. The number of hydrogen-bond acceptors (Lipinski definition) is 12. The number of guanidine groups is 1. The zero-order valence-electron chi connectivity index (χ0n) is 30.7. The first-order valence-electron chi connectivity index (χ1n) is 17.2. The van der Waals surface area contributed by atoms with Gasteiger partial charge in [-0.25, -0.2) is 4.79 Å². The van der Waals surface area contributed by atoms with Crippen LogP contribution >= 0.6 is 0 Å². The van der Waals surface area contributed by atoms with E-state index in [0.29, 0.717) is 19.4 Å². The molecule has 54 heavy (non-hydrogen) atoms. The van der Waals surface area contributed by atoms with Gasteiger partial charge in [0.1, 0.15) is 30.2 Å². The van der Waals surface area contributed by atoms with Gasteiger partial charge in [-0.05, 0) is 57.9 Å². The van der Waals surface area contributed by atoms with Gasteiger partial charge in [0.15, 0.2) is 5.96 Å². The second-order valence-corrected chi connectivity index (χ2v) is 12.7. The Kier molecular flexibility index (Phi) is 22.8. The first-order valence-corrected chi connectivity index (χ1v) is 17.2. The number of carboxylic acids is 2. The van der Waals surface area contributed by atoms with E-state index >= 15 is 0 Å². The van der Waals surface area contributed by atoms with Gasteiger partial charge in [-0.15, -0.1) is 0 Å². The number of nitrogens with zero attached hydrogens (tertiary/aromatic N) is 1. The smallest absolute Gasteiger partial charge is 0.326 e. The molecule has 0 spiro atoms. The van der Waals surface area contributed by atoms with Gasteiger partial charge in [0.2, 0.25) is 41.4 Å². The van der Waals surface area contributed by atoms with Crippen molar-refractivity contribution < 1.29 is 53.4 Å². The molecule has 7 amide bonds. The average Bonchev–Trinajstić information content (AvgIpc) is 3.07. The quantitative estimate of drug-likeness (QED) is 0.0210. The Hall–Kier alpha value is -5.58. The molecule has 0 aromatic carbocycles. The Morgan fingerprint density at radius 3 is 1.65 bits per heavy atom. The van der Waals surface area contributed by atoms with Crippen LogP contribution in [0.5, 0.6) is 0 Å². The molecule has 0 aliphatic heterocycles. The zero-order valence-corrected chi connectivity index (χ0v) is 30.7. The van der Waals surface area contributed by atoms with E-state index in [1.165, 1.54) is 20.8 Å². The molecule has 0 aliphatic rings. The predicted octanol–water partition coefficient (Wildman–Crippen LogP) is -5.46. The zero-order chi connectivity index (χ0) is 41.5. The third-order valence-corrected chi connectivity index (χ3v) is 7.57. The first-order chi connectivity index (χ1) is 25.2. The number of carbonyl (C=O) groups is 9. The van der Waals surface area contributed by atoms with Gasteiger partial charge in [-0.3, -0.25) is 43.3 Å². The summed E-state index contributed by atoms with van der Waals surface area (Å²) < 4.78 is 0. The third kappa shape index (κ3) is 20.5. The number of unbranched alkanes of at least 4 members (excludes halogenated alkanes) is 1. The molecular formula is C31H56N12O11. The van der Waals surface area contributed by atoms with Crippen LogP contribution in [-0.4, -0.2) is 125 Å². The number of aliphatic imine (C=N–C) groups is 1. The van der Waals surface area contributed by atoms with E-state index in [1.807, 2.05) is 0 Å². The van der Waals surface area contributed by atoms with Crippen molar-refractivity contribution in [2.24, 2.45) is 39.6 Å². The number of hydrogen-bond donors (Lipinski definition) is 13. The minimum atomic E-state index is -1.71. The summed E-state index contributed by atoms with van der Waals surface area (Å²) in [5.41, 5.74) is 27.2. The molecule has 0 aromatic heterocycles. The summed E-state index contributed by atoms with van der Waals surface area (Å²) >= 11 is 0. The van der Waals surface area contributed by atoms with E-state index in [9.17, 15) is 53.4 Å². The normalized spacial score (nSPS) is 14.1. The second-order valence-electron chi connectivity index (χ2n) is 12.7. The number of rotatable bonds is 27. The van der Waals surface area contributed by atoms with Crippen LogP contribution in [0.3, 0.4) is 0 Å². The van der Waals surface area contributed by atoms with Crippen molar-refractivity contribution in [3.63, 3.8) is 0 Å². The van der Waals surface area contributed by atoms with E-state index in [-0.39, 0.29) is 44.6 Å². The maximum Gasteiger partial charge on any atom is 0.326 e. The van der Waals surface area contributed by atoms with Crippen molar-refractivity contribution in [3.8, 4) is 0 Å². The molecule has 6 unspecified atom stereocenters. The Labute approximate surface area is 312 Å². The fourth-order valence-electron chi connectivity index (χ4n) is 4.62. The van der Waals surface area contributed by atoms with Crippen LogP contribution in [0.4, 0.5) is 0 Å². The van der Waals surface area contributed by atoms with Crippen molar-refractivity contribution in [1.82, 2.24) is 31.9 Å². The molecule has 0 radical (unpaired) electrons. The highest BCUT2D eigenvalue weighted by atomic mass is 16.4. The Morgan fingerprint density at radius 2 is 1.17 bits per heavy atom. The molecule has 0 aliphatic carbocycles. The number of primary amides is 1. The van der Waals surface area contributed by atoms with Gasteiger partial charge >= 0.3 is 11.9 Å². The Balaban J connectivity index is 6.08. The summed E-state index contributed by atoms with van der Waals surface area (Å²) in [7, 11) is 0. The van der Waals surface area contributed by atoms with E-state index in [1.54, 1.807) is 0 Å².